The summed E-state index contributed by atoms with van der Waals surface area (Å²) in [5, 5.41) is 4.19. The number of hydrogen-bond acceptors (Lipinski definition) is 2. The van der Waals surface area contributed by atoms with Gasteiger partial charge in [0.2, 0.25) is 0 Å². The van der Waals surface area contributed by atoms with Crippen LogP contribution >= 0.6 is 0 Å². The molecule has 0 saturated heterocycles. The van der Waals surface area contributed by atoms with Crippen molar-refractivity contribution in [1.29, 1.82) is 0 Å². The van der Waals surface area contributed by atoms with E-state index in [-0.39, 0.29) is 0 Å². The summed E-state index contributed by atoms with van der Waals surface area (Å²) >= 11 is 0. The van der Waals surface area contributed by atoms with Crippen molar-refractivity contribution in [3.05, 3.63) is 0 Å². The Labute approximate surface area is 93.1 Å². The van der Waals surface area contributed by atoms with Gasteiger partial charge in [0.15, 0.2) is 0 Å². The van der Waals surface area contributed by atoms with E-state index in [1.165, 1.54) is 64.2 Å². The van der Waals surface area contributed by atoms with Gasteiger partial charge in [-0.15, -0.1) is 0 Å². The van der Waals surface area contributed by atoms with Gasteiger partial charge in [0, 0.05) is 6.21 Å². The lowest BCUT2D eigenvalue weighted by molar-refractivity contribution is 0.0329. The molecule has 2 saturated carbocycles. The molecule has 0 amide bonds. The lowest BCUT2D eigenvalue weighted by Gasteiger charge is -2.20. The SMILES string of the molecule is C(=NOC1CCCCC1)C1CCCCC1. The van der Waals surface area contributed by atoms with E-state index in [9.17, 15) is 0 Å². The largest absolute Gasteiger partial charge is 0.393 e. The Bertz CT molecular complexity index is 191. The van der Waals surface area contributed by atoms with Gasteiger partial charge in [-0.3, -0.25) is 0 Å². The summed E-state index contributed by atoms with van der Waals surface area (Å²) in [4.78, 5) is 5.56. The second kappa shape index (κ2) is 6.14. The Morgan fingerprint density at radius 1 is 0.800 bits per heavy atom. The van der Waals surface area contributed by atoms with Crippen molar-refractivity contribution >= 4 is 6.21 Å². The molecule has 2 aliphatic rings. The molecular formula is C13H23NO. The minimum Gasteiger partial charge on any atom is -0.393 e. The van der Waals surface area contributed by atoms with E-state index in [1.54, 1.807) is 0 Å². The Hall–Kier alpha value is -0.530. The van der Waals surface area contributed by atoms with Crippen molar-refractivity contribution in [2.45, 2.75) is 70.3 Å². The molecule has 0 atom stereocenters. The topological polar surface area (TPSA) is 21.6 Å². The van der Waals surface area contributed by atoms with Crippen LogP contribution in [0, 0.1) is 5.92 Å². The molecule has 0 aromatic rings. The van der Waals surface area contributed by atoms with Crippen LogP contribution in [0.3, 0.4) is 0 Å². The Morgan fingerprint density at radius 3 is 2.07 bits per heavy atom. The van der Waals surface area contributed by atoms with Gasteiger partial charge < -0.3 is 4.84 Å². The monoisotopic (exact) mass is 209 g/mol. The fourth-order valence-corrected chi connectivity index (χ4v) is 2.66. The van der Waals surface area contributed by atoms with Crippen LogP contribution in [0.5, 0.6) is 0 Å². The molecule has 0 aromatic carbocycles. The van der Waals surface area contributed by atoms with Crippen LogP contribution in [0.1, 0.15) is 64.2 Å². The lowest BCUT2D eigenvalue weighted by Crippen LogP contribution is -2.15. The molecule has 0 radical (unpaired) electrons. The third-order valence-electron chi connectivity index (χ3n) is 3.68. The predicted molar refractivity (Wildman–Crippen MR) is 63.0 cm³/mol. The summed E-state index contributed by atoms with van der Waals surface area (Å²) in [6.07, 6.45) is 15.7. The first-order chi connectivity index (χ1) is 7.45. The van der Waals surface area contributed by atoms with Gasteiger partial charge in [0.05, 0.1) is 0 Å². The standard InChI is InChI=1S/C13H23NO/c1-3-7-12(8-4-1)11-14-15-13-9-5-2-6-10-13/h11-13H,1-10H2. The number of hydrogen-bond donors (Lipinski definition) is 0. The summed E-state index contributed by atoms with van der Waals surface area (Å²) in [6.45, 7) is 0. The average molecular weight is 209 g/mol. The van der Waals surface area contributed by atoms with Crippen LogP contribution in [-0.2, 0) is 4.84 Å². The predicted octanol–water partition coefficient (Wildman–Crippen LogP) is 3.90. The summed E-state index contributed by atoms with van der Waals surface area (Å²) in [6, 6.07) is 0. The Balaban J connectivity index is 1.64. The first-order valence-corrected chi connectivity index (χ1v) is 6.64. The highest BCUT2D eigenvalue weighted by molar-refractivity contribution is 5.59. The zero-order valence-corrected chi connectivity index (χ0v) is 9.66. The molecule has 0 aliphatic heterocycles. The van der Waals surface area contributed by atoms with E-state index >= 15 is 0 Å². The maximum Gasteiger partial charge on any atom is 0.127 e. The maximum absolute atomic E-state index is 5.56. The smallest absolute Gasteiger partial charge is 0.127 e. The molecule has 2 fully saturated rings. The molecule has 0 bridgehead atoms. The van der Waals surface area contributed by atoms with Crippen LogP contribution < -0.4 is 0 Å². The second-order valence-corrected chi connectivity index (χ2v) is 5.02. The van der Waals surface area contributed by atoms with Crippen molar-refractivity contribution in [3.8, 4) is 0 Å². The van der Waals surface area contributed by atoms with E-state index in [1.807, 2.05) is 0 Å². The number of oxime groups is 1. The van der Waals surface area contributed by atoms with Crippen LogP contribution in [0.4, 0.5) is 0 Å². The fourth-order valence-electron chi connectivity index (χ4n) is 2.66. The first-order valence-electron chi connectivity index (χ1n) is 6.64. The summed E-state index contributed by atoms with van der Waals surface area (Å²) in [5.74, 6) is 0.697. The van der Waals surface area contributed by atoms with Crippen molar-refractivity contribution in [2.24, 2.45) is 11.1 Å². The zero-order chi connectivity index (χ0) is 10.3. The van der Waals surface area contributed by atoms with Crippen molar-refractivity contribution in [3.63, 3.8) is 0 Å². The molecule has 0 heterocycles. The van der Waals surface area contributed by atoms with Crippen LogP contribution in [-0.4, -0.2) is 12.3 Å². The van der Waals surface area contributed by atoms with Crippen LogP contribution in [0.2, 0.25) is 0 Å². The highest BCUT2D eigenvalue weighted by Crippen LogP contribution is 2.23. The highest BCUT2D eigenvalue weighted by atomic mass is 16.6. The van der Waals surface area contributed by atoms with Crippen molar-refractivity contribution in [2.75, 3.05) is 0 Å². The lowest BCUT2D eigenvalue weighted by atomic mass is 9.90. The van der Waals surface area contributed by atoms with Gasteiger partial charge in [0.1, 0.15) is 6.10 Å². The highest BCUT2D eigenvalue weighted by Gasteiger charge is 2.15. The third-order valence-corrected chi connectivity index (χ3v) is 3.68. The maximum atomic E-state index is 5.56. The Kier molecular flexibility index (Phi) is 4.49. The van der Waals surface area contributed by atoms with Gasteiger partial charge in [-0.1, -0.05) is 30.8 Å². The second-order valence-electron chi connectivity index (χ2n) is 5.02. The van der Waals surface area contributed by atoms with Gasteiger partial charge in [-0.05, 0) is 44.4 Å². The summed E-state index contributed by atoms with van der Waals surface area (Å²) in [7, 11) is 0. The molecular weight excluding hydrogens is 186 g/mol. The first kappa shape index (κ1) is 11.0. The van der Waals surface area contributed by atoms with E-state index in [2.05, 4.69) is 11.4 Å². The molecule has 0 spiro atoms. The third kappa shape index (κ3) is 3.84. The van der Waals surface area contributed by atoms with Crippen LogP contribution in [0.25, 0.3) is 0 Å². The molecule has 0 N–H and O–H groups in total. The van der Waals surface area contributed by atoms with Gasteiger partial charge in [-0.25, -0.2) is 0 Å². The summed E-state index contributed by atoms with van der Waals surface area (Å²) in [5.41, 5.74) is 0. The van der Waals surface area contributed by atoms with Crippen molar-refractivity contribution in [1.82, 2.24) is 0 Å². The molecule has 2 aliphatic carbocycles. The molecule has 2 heteroatoms. The van der Waals surface area contributed by atoms with Crippen molar-refractivity contribution < 1.29 is 4.84 Å². The van der Waals surface area contributed by atoms with Crippen LogP contribution in [0.15, 0.2) is 5.16 Å². The molecule has 86 valence electrons. The molecule has 2 nitrogen and oxygen atoms in total. The minimum absolute atomic E-state index is 0.415. The van der Waals surface area contributed by atoms with Gasteiger partial charge >= 0.3 is 0 Å². The van der Waals surface area contributed by atoms with Gasteiger partial charge in [-0.2, -0.15) is 0 Å². The molecule has 2 rings (SSSR count). The average Bonchev–Trinajstić information content (AvgIpc) is 2.32. The molecule has 0 aromatic heterocycles. The Morgan fingerprint density at radius 2 is 1.40 bits per heavy atom. The quantitative estimate of drug-likeness (QED) is 0.510. The van der Waals surface area contributed by atoms with E-state index in [0.717, 1.165) is 0 Å². The molecule has 15 heavy (non-hydrogen) atoms. The number of nitrogens with zero attached hydrogens (tertiary/aromatic N) is 1. The summed E-state index contributed by atoms with van der Waals surface area (Å²) < 4.78 is 0. The number of rotatable bonds is 3. The normalized spacial score (nSPS) is 25.9. The van der Waals surface area contributed by atoms with E-state index < -0.39 is 0 Å². The zero-order valence-electron chi connectivity index (χ0n) is 9.66. The van der Waals surface area contributed by atoms with Gasteiger partial charge in [0.25, 0.3) is 0 Å². The fraction of sp³-hybridized carbons (Fsp3) is 0.923. The molecule has 0 unspecified atom stereocenters. The van der Waals surface area contributed by atoms with E-state index in [0.29, 0.717) is 12.0 Å². The van der Waals surface area contributed by atoms with E-state index in [4.69, 9.17) is 4.84 Å². The minimum atomic E-state index is 0.415.